The number of anilines is 2. The highest BCUT2D eigenvalue weighted by Crippen LogP contribution is 2.27. The highest BCUT2D eigenvalue weighted by molar-refractivity contribution is 5.98. The fourth-order valence-corrected chi connectivity index (χ4v) is 2.76. The first kappa shape index (κ1) is 20.5. The third-order valence-corrected chi connectivity index (χ3v) is 4.43. The number of hydrogen-bond acceptors (Lipinski definition) is 4. The predicted octanol–water partition coefficient (Wildman–Crippen LogP) is 4.37. The van der Waals surface area contributed by atoms with Crippen molar-refractivity contribution in [1.29, 1.82) is 0 Å². The van der Waals surface area contributed by atoms with Crippen molar-refractivity contribution in [3.63, 3.8) is 0 Å². The van der Waals surface area contributed by atoms with Crippen LogP contribution < -0.4 is 10.2 Å². The van der Waals surface area contributed by atoms with E-state index in [0.717, 1.165) is 22.5 Å². The van der Waals surface area contributed by atoms with Crippen LogP contribution in [0, 0.1) is 6.92 Å². The molecule has 0 fully saturated rings. The molecule has 2 aromatic rings. The van der Waals surface area contributed by atoms with E-state index in [9.17, 15) is 9.59 Å². The molecule has 0 bridgehead atoms. The molecule has 2 rings (SSSR count). The Hall–Kier alpha value is -2.82. The van der Waals surface area contributed by atoms with Gasteiger partial charge in [0.1, 0.15) is 0 Å². The van der Waals surface area contributed by atoms with Gasteiger partial charge < -0.3 is 15.0 Å². The maximum atomic E-state index is 12.6. The van der Waals surface area contributed by atoms with E-state index in [1.165, 1.54) is 0 Å². The summed E-state index contributed by atoms with van der Waals surface area (Å²) in [5, 5.41) is 2.92. The standard InChI is InChI=1S/C22H28N2O3/c1-14(2)19-12-7-9-15(3)20(19)23-21(25)16(4)27-22(26)17-10-8-11-18(13-17)24(5)6/h7-14,16H,1-6H3,(H,23,25)/t16-/m1/s1. The Kier molecular flexibility index (Phi) is 6.61. The summed E-state index contributed by atoms with van der Waals surface area (Å²) >= 11 is 0. The topological polar surface area (TPSA) is 58.6 Å². The van der Waals surface area contributed by atoms with Gasteiger partial charge in [-0.1, -0.05) is 38.1 Å². The average Bonchev–Trinajstić information content (AvgIpc) is 2.62. The average molecular weight is 368 g/mol. The number of carbonyl (C=O) groups is 2. The summed E-state index contributed by atoms with van der Waals surface area (Å²) in [6.07, 6.45) is -0.903. The SMILES string of the molecule is Cc1cccc(C(C)C)c1NC(=O)[C@@H](C)OC(=O)c1cccc(N(C)C)c1. The first-order valence-corrected chi connectivity index (χ1v) is 9.09. The largest absolute Gasteiger partial charge is 0.449 e. The summed E-state index contributed by atoms with van der Waals surface area (Å²) < 4.78 is 5.38. The number of carbonyl (C=O) groups excluding carboxylic acids is 2. The number of para-hydroxylation sites is 1. The molecule has 0 saturated heterocycles. The van der Waals surface area contributed by atoms with Gasteiger partial charge in [-0.3, -0.25) is 4.79 Å². The minimum atomic E-state index is -0.903. The van der Waals surface area contributed by atoms with Crippen molar-refractivity contribution in [3.05, 3.63) is 59.2 Å². The van der Waals surface area contributed by atoms with Crippen LogP contribution in [0.4, 0.5) is 11.4 Å². The molecule has 27 heavy (non-hydrogen) atoms. The molecule has 0 radical (unpaired) electrons. The Bertz CT molecular complexity index is 828. The molecule has 0 unspecified atom stereocenters. The Morgan fingerprint density at radius 3 is 2.33 bits per heavy atom. The van der Waals surface area contributed by atoms with Crippen molar-refractivity contribution in [1.82, 2.24) is 0 Å². The van der Waals surface area contributed by atoms with Crippen molar-refractivity contribution in [2.24, 2.45) is 0 Å². The summed E-state index contributed by atoms with van der Waals surface area (Å²) in [6, 6.07) is 13.0. The van der Waals surface area contributed by atoms with Gasteiger partial charge in [-0.05, 0) is 49.1 Å². The molecule has 0 aliphatic carbocycles. The van der Waals surface area contributed by atoms with E-state index >= 15 is 0 Å². The van der Waals surface area contributed by atoms with Gasteiger partial charge in [0, 0.05) is 25.5 Å². The number of benzene rings is 2. The Morgan fingerprint density at radius 2 is 1.70 bits per heavy atom. The molecule has 0 aliphatic heterocycles. The van der Waals surface area contributed by atoms with Crippen LogP contribution in [-0.2, 0) is 9.53 Å². The lowest BCUT2D eigenvalue weighted by molar-refractivity contribution is -0.123. The number of nitrogens with one attached hydrogen (secondary N) is 1. The zero-order valence-corrected chi connectivity index (χ0v) is 16.9. The third kappa shape index (κ3) is 5.09. The summed E-state index contributed by atoms with van der Waals surface area (Å²) in [5.74, 6) is -0.592. The molecule has 0 aromatic heterocycles. The normalized spacial score (nSPS) is 11.8. The van der Waals surface area contributed by atoms with Crippen molar-refractivity contribution < 1.29 is 14.3 Å². The fraction of sp³-hybridized carbons (Fsp3) is 0.364. The smallest absolute Gasteiger partial charge is 0.338 e. The maximum absolute atomic E-state index is 12.6. The molecule has 5 heteroatoms. The first-order valence-electron chi connectivity index (χ1n) is 9.09. The second-order valence-corrected chi connectivity index (χ2v) is 7.18. The summed E-state index contributed by atoms with van der Waals surface area (Å²) in [7, 11) is 3.80. The maximum Gasteiger partial charge on any atom is 0.338 e. The van der Waals surface area contributed by atoms with Crippen LogP contribution in [0.1, 0.15) is 48.2 Å². The van der Waals surface area contributed by atoms with Crippen LogP contribution in [-0.4, -0.2) is 32.1 Å². The number of ether oxygens (including phenoxy) is 1. The van der Waals surface area contributed by atoms with Gasteiger partial charge in [0.2, 0.25) is 0 Å². The second-order valence-electron chi connectivity index (χ2n) is 7.18. The van der Waals surface area contributed by atoms with Crippen LogP contribution in [0.15, 0.2) is 42.5 Å². The summed E-state index contributed by atoms with van der Waals surface area (Å²) in [6.45, 7) is 7.68. The van der Waals surface area contributed by atoms with Crippen LogP contribution in [0.3, 0.4) is 0 Å². The molecular weight excluding hydrogens is 340 g/mol. The van der Waals surface area contributed by atoms with E-state index < -0.39 is 12.1 Å². The van der Waals surface area contributed by atoms with Crippen LogP contribution in [0.5, 0.6) is 0 Å². The van der Waals surface area contributed by atoms with E-state index in [-0.39, 0.29) is 11.8 Å². The predicted molar refractivity (Wildman–Crippen MR) is 110 cm³/mol. The molecule has 1 amide bonds. The minimum Gasteiger partial charge on any atom is -0.449 e. The van der Waals surface area contributed by atoms with Crippen molar-refractivity contribution in [2.75, 3.05) is 24.3 Å². The number of hydrogen-bond donors (Lipinski definition) is 1. The van der Waals surface area contributed by atoms with Crippen molar-refractivity contribution in [2.45, 2.75) is 39.7 Å². The van der Waals surface area contributed by atoms with Gasteiger partial charge >= 0.3 is 5.97 Å². The van der Waals surface area contributed by atoms with E-state index in [4.69, 9.17) is 4.74 Å². The molecule has 0 aliphatic rings. The van der Waals surface area contributed by atoms with Gasteiger partial charge in [-0.15, -0.1) is 0 Å². The number of esters is 1. The fourth-order valence-electron chi connectivity index (χ4n) is 2.76. The quantitative estimate of drug-likeness (QED) is 0.769. The zero-order chi connectivity index (χ0) is 20.1. The Labute approximate surface area is 161 Å². The van der Waals surface area contributed by atoms with Gasteiger partial charge in [0.15, 0.2) is 6.10 Å². The van der Waals surface area contributed by atoms with Crippen molar-refractivity contribution >= 4 is 23.3 Å². The molecule has 0 spiro atoms. The monoisotopic (exact) mass is 368 g/mol. The van der Waals surface area contributed by atoms with Crippen molar-refractivity contribution in [3.8, 4) is 0 Å². The van der Waals surface area contributed by atoms with E-state index in [2.05, 4.69) is 19.2 Å². The van der Waals surface area contributed by atoms with Crippen LogP contribution in [0.25, 0.3) is 0 Å². The highest BCUT2D eigenvalue weighted by atomic mass is 16.5. The molecule has 1 N–H and O–H groups in total. The minimum absolute atomic E-state index is 0.270. The third-order valence-electron chi connectivity index (χ3n) is 4.43. The number of aryl methyl sites for hydroxylation is 1. The number of nitrogens with zero attached hydrogens (tertiary/aromatic N) is 1. The first-order chi connectivity index (χ1) is 12.7. The number of rotatable bonds is 6. The molecule has 1 atom stereocenters. The van der Waals surface area contributed by atoms with Crippen LogP contribution in [0.2, 0.25) is 0 Å². The van der Waals surface area contributed by atoms with Gasteiger partial charge in [-0.2, -0.15) is 0 Å². The van der Waals surface area contributed by atoms with Gasteiger partial charge in [0.05, 0.1) is 5.56 Å². The van der Waals surface area contributed by atoms with Gasteiger partial charge in [0.25, 0.3) is 5.91 Å². The molecular formula is C22H28N2O3. The molecule has 0 saturated carbocycles. The molecule has 5 nitrogen and oxygen atoms in total. The van der Waals surface area contributed by atoms with E-state index in [1.54, 1.807) is 25.1 Å². The lowest BCUT2D eigenvalue weighted by Crippen LogP contribution is -2.30. The van der Waals surface area contributed by atoms with Gasteiger partial charge in [-0.25, -0.2) is 4.79 Å². The highest BCUT2D eigenvalue weighted by Gasteiger charge is 2.21. The summed E-state index contributed by atoms with van der Waals surface area (Å²) in [5.41, 5.74) is 4.13. The van der Waals surface area contributed by atoms with E-state index in [0.29, 0.717) is 5.56 Å². The lowest BCUT2D eigenvalue weighted by Gasteiger charge is -2.19. The van der Waals surface area contributed by atoms with Crippen LogP contribution >= 0.6 is 0 Å². The zero-order valence-electron chi connectivity index (χ0n) is 16.9. The Morgan fingerprint density at radius 1 is 1.04 bits per heavy atom. The second kappa shape index (κ2) is 8.71. The number of amides is 1. The molecule has 144 valence electrons. The Balaban J connectivity index is 2.10. The molecule has 2 aromatic carbocycles. The summed E-state index contributed by atoms with van der Waals surface area (Å²) in [4.78, 5) is 26.9. The van der Waals surface area contributed by atoms with E-state index in [1.807, 2.05) is 50.2 Å². The lowest BCUT2D eigenvalue weighted by atomic mass is 9.98. The molecule has 0 heterocycles.